The fraction of sp³-hybridized carbons (Fsp3) is 0.500. The van der Waals surface area contributed by atoms with E-state index in [1.165, 1.54) is 19.3 Å². The molecule has 0 bridgehead atoms. The van der Waals surface area contributed by atoms with Gasteiger partial charge in [-0.15, -0.1) is 0 Å². The van der Waals surface area contributed by atoms with Gasteiger partial charge < -0.3 is 4.74 Å². The Bertz CT molecular complexity index is 358. The summed E-state index contributed by atoms with van der Waals surface area (Å²) in [7, 11) is 4.05. The predicted molar refractivity (Wildman–Crippen MR) is 66.2 cm³/mol. The van der Waals surface area contributed by atoms with Crippen LogP contribution in [0.25, 0.3) is 0 Å². The average molecular weight is 259 g/mol. The van der Waals surface area contributed by atoms with Crippen LogP contribution in [0.1, 0.15) is 32.1 Å². The van der Waals surface area contributed by atoms with Gasteiger partial charge in [-0.25, -0.2) is 4.21 Å². The summed E-state index contributed by atoms with van der Waals surface area (Å²) in [6, 6.07) is 7.18. The van der Waals surface area contributed by atoms with Crippen molar-refractivity contribution in [2.45, 2.75) is 43.1 Å². The molecule has 16 heavy (non-hydrogen) atoms. The first-order valence-corrected chi connectivity index (χ1v) is 7.58. The van der Waals surface area contributed by atoms with Gasteiger partial charge in [-0.2, -0.15) is 0 Å². The zero-order valence-electron chi connectivity index (χ0n) is 9.02. The van der Waals surface area contributed by atoms with Crippen molar-refractivity contribution in [1.29, 1.82) is 0 Å². The quantitative estimate of drug-likeness (QED) is 0.774. The van der Waals surface area contributed by atoms with Crippen molar-refractivity contribution in [3.63, 3.8) is 0 Å². The lowest BCUT2D eigenvalue weighted by Gasteiger charge is -2.22. The third kappa shape index (κ3) is 3.22. The molecule has 0 amide bonds. The van der Waals surface area contributed by atoms with E-state index < -0.39 is 10.0 Å². The minimum Gasteiger partial charge on any atom is -0.490 e. The van der Waals surface area contributed by atoms with Crippen LogP contribution in [-0.4, -0.2) is 10.3 Å². The first-order valence-electron chi connectivity index (χ1n) is 5.60. The molecule has 0 aromatic heterocycles. The molecule has 1 aromatic carbocycles. The third-order valence-electron chi connectivity index (χ3n) is 2.86. The molecule has 1 aromatic rings. The molecule has 0 heterocycles. The fourth-order valence-electron chi connectivity index (χ4n) is 2.00. The number of hydrogen-bond acceptors (Lipinski definition) is 2. The summed E-state index contributed by atoms with van der Waals surface area (Å²) in [6.45, 7) is 0. The maximum Gasteiger partial charge on any atom is 0.147 e. The molecule has 0 aliphatic heterocycles. The summed E-state index contributed by atoms with van der Waals surface area (Å²) in [4.78, 5) is 0.623. The van der Waals surface area contributed by atoms with Crippen LogP contribution in [0.15, 0.2) is 29.2 Å². The monoisotopic (exact) mass is 258 g/mol. The molecule has 1 atom stereocenters. The first kappa shape index (κ1) is 11.9. The Morgan fingerprint density at radius 1 is 1.12 bits per heavy atom. The predicted octanol–water partition coefficient (Wildman–Crippen LogP) is 3.66. The van der Waals surface area contributed by atoms with Crippen molar-refractivity contribution in [3.05, 3.63) is 24.3 Å². The van der Waals surface area contributed by atoms with Crippen LogP contribution in [-0.2, 0) is 10.0 Å². The highest BCUT2D eigenvalue weighted by atomic mass is 35.7. The van der Waals surface area contributed by atoms with Crippen molar-refractivity contribution in [2.75, 3.05) is 0 Å². The summed E-state index contributed by atoms with van der Waals surface area (Å²) in [5, 5.41) is 0. The standard InChI is InChI=1S/C12H15ClO2S/c13-16(14)12-8-6-11(7-9-12)15-10-4-2-1-3-5-10/h6-10H,1-5H2. The van der Waals surface area contributed by atoms with Gasteiger partial charge in [0.15, 0.2) is 0 Å². The van der Waals surface area contributed by atoms with E-state index in [1.807, 2.05) is 12.1 Å². The number of hydrogen-bond donors (Lipinski definition) is 0. The van der Waals surface area contributed by atoms with E-state index in [4.69, 9.17) is 15.4 Å². The van der Waals surface area contributed by atoms with Crippen molar-refractivity contribution in [2.24, 2.45) is 0 Å². The van der Waals surface area contributed by atoms with E-state index in [0.29, 0.717) is 11.0 Å². The van der Waals surface area contributed by atoms with Gasteiger partial charge in [0.2, 0.25) is 0 Å². The van der Waals surface area contributed by atoms with Gasteiger partial charge in [-0.05, 0) is 60.6 Å². The minimum absolute atomic E-state index is 0.348. The van der Waals surface area contributed by atoms with Crippen LogP contribution >= 0.6 is 10.7 Å². The van der Waals surface area contributed by atoms with Crippen molar-refractivity contribution < 1.29 is 8.95 Å². The number of halogens is 1. The molecular formula is C12H15ClO2S. The van der Waals surface area contributed by atoms with E-state index >= 15 is 0 Å². The highest BCUT2D eigenvalue weighted by Crippen LogP contribution is 2.24. The molecular weight excluding hydrogens is 244 g/mol. The maximum atomic E-state index is 11.0. The van der Waals surface area contributed by atoms with Gasteiger partial charge >= 0.3 is 0 Å². The third-order valence-corrected chi connectivity index (χ3v) is 4.04. The lowest BCUT2D eigenvalue weighted by atomic mass is 9.98. The SMILES string of the molecule is O=S(Cl)c1ccc(OC2CCCCC2)cc1. The lowest BCUT2D eigenvalue weighted by molar-refractivity contribution is 0.155. The van der Waals surface area contributed by atoms with Crippen LogP contribution in [0.5, 0.6) is 5.75 Å². The van der Waals surface area contributed by atoms with Gasteiger partial charge in [0.1, 0.15) is 15.8 Å². The van der Waals surface area contributed by atoms with E-state index in [2.05, 4.69) is 0 Å². The van der Waals surface area contributed by atoms with Crippen LogP contribution in [0.3, 0.4) is 0 Å². The second-order valence-corrected chi connectivity index (χ2v) is 5.83. The first-order chi connectivity index (χ1) is 7.75. The summed E-state index contributed by atoms with van der Waals surface area (Å²) in [5.41, 5.74) is 0. The number of rotatable bonds is 3. The Hall–Kier alpha value is -0.540. The molecule has 0 N–H and O–H groups in total. The van der Waals surface area contributed by atoms with E-state index in [1.54, 1.807) is 12.1 Å². The molecule has 0 saturated heterocycles. The average Bonchev–Trinajstić information content (AvgIpc) is 2.31. The molecule has 0 radical (unpaired) electrons. The van der Waals surface area contributed by atoms with Crippen LogP contribution < -0.4 is 4.74 Å². The molecule has 1 saturated carbocycles. The highest BCUT2D eigenvalue weighted by molar-refractivity contribution is 8.08. The van der Waals surface area contributed by atoms with Crippen LogP contribution in [0.2, 0.25) is 0 Å². The normalized spacial score (nSPS) is 19.3. The maximum absolute atomic E-state index is 11.0. The lowest BCUT2D eigenvalue weighted by Crippen LogP contribution is -2.19. The molecule has 2 nitrogen and oxygen atoms in total. The zero-order valence-corrected chi connectivity index (χ0v) is 10.6. The molecule has 0 spiro atoms. The Morgan fingerprint density at radius 2 is 1.75 bits per heavy atom. The zero-order chi connectivity index (χ0) is 11.4. The number of benzene rings is 1. The Labute approximate surface area is 103 Å². The number of ether oxygens (including phenoxy) is 1. The Balaban J connectivity index is 1.96. The van der Waals surface area contributed by atoms with E-state index in [9.17, 15) is 4.21 Å². The fourth-order valence-corrected chi connectivity index (χ4v) is 2.66. The summed E-state index contributed by atoms with van der Waals surface area (Å²) < 4.78 is 16.8. The highest BCUT2D eigenvalue weighted by Gasteiger charge is 2.14. The second kappa shape index (κ2) is 5.69. The van der Waals surface area contributed by atoms with Gasteiger partial charge in [0, 0.05) is 0 Å². The summed E-state index contributed by atoms with van der Waals surface area (Å²) >= 11 is 0. The van der Waals surface area contributed by atoms with Crippen LogP contribution in [0.4, 0.5) is 0 Å². The van der Waals surface area contributed by atoms with Crippen molar-refractivity contribution in [3.8, 4) is 5.75 Å². The van der Waals surface area contributed by atoms with E-state index in [0.717, 1.165) is 18.6 Å². The van der Waals surface area contributed by atoms with Crippen molar-refractivity contribution >= 4 is 20.7 Å². The van der Waals surface area contributed by atoms with Crippen molar-refractivity contribution in [1.82, 2.24) is 0 Å². The smallest absolute Gasteiger partial charge is 0.147 e. The molecule has 1 aliphatic carbocycles. The van der Waals surface area contributed by atoms with Gasteiger partial charge in [0.25, 0.3) is 0 Å². The van der Waals surface area contributed by atoms with Gasteiger partial charge in [-0.1, -0.05) is 6.42 Å². The summed E-state index contributed by atoms with van der Waals surface area (Å²) in [5.74, 6) is 0.845. The molecule has 88 valence electrons. The summed E-state index contributed by atoms with van der Waals surface area (Å²) in [6.07, 6.45) is 6.47. The van der Waals surface area contributed by atoms with Crippen LogP contribution in [0, 0.1) is 0 Å². The Kier molecular flexibility index (Phi) is 4.24. The van der Waals surface area contributed by atoms with Gasteiger partial charge in [0.05, 0.1) is 11.0 Å². The molecule has 1 aliphatic rings. The van der Waals surface area contributed by atoms with E-state index in [-0.39, 0.29) is 0 Å². The molecule has 2 rings (SSSR count). The molecule has 1 unspecified atom stereocenters. The largest absolute Gasteiger partial charge is 0.490 e. The topological polar surface area (TPSA) is 26.3 Å². The van der Waals surface area contributed by atoms with Gasteiger partial charge in [-0.3, -0.25) is 0 Å². The minimum atomic E-state index is -1.43. The molecule has 4 heteroatoms. The second-order valence-electron chi connectivity index (χ2n) is 4.07. The molecule has 1 fully saturated rings. The Morgan fingerprint density at radius 3 is 2.31 bits per heavy atom.